The van der Waals surface area contributed by atoms with Crippen LogP contribution in [0.4, 0.5) is 13.2 Å². The second kappa shape index (κ2) is 3.06. The normalized spacial score (nSPS) is 21.6. The number of fused-ring (bicyclic) bond motifs is 1. The zero-order valence-corrected chi connectivity index (χ0v) is 7.47. The van der Waals surface area contributed by atoms with E-state index in [-0.39, 0.29) is 18.6 Å². The van der Waals surface area contributed by atoms with Gasteiger partial charge in [0.2, 0.25) is 0 Å². The van der Waals surface area contributed by atoms with Gasteiger partial charge in [0, 0.05) is 18.9 Å². The third-order valence-corrected chi connectivity index (χ3v) is 2.21. The van der Waals surface area contributed by atoms with Gasteiger partial charge in [-0.2, -0.15) is 13.2 Å². The lowest BCUT2D eigenvalue weighted by molar-refractivity contribution is -0.143. The Bertz CT molecular complexity index is 411. The summed E-state index contributed by atoms with van der Waals surface area (Å²) in [5, 5.41) is 2.88. The smallest absolute Gasteiger partial charge is 0.360 e. The third-order valence-electron chi connectivity index (χ3n) is 2.21. The number of Topliss-reactive ketones (excluding diaryl/α,β-unsaturated/α-hetero) is 1. The van der Waals surface area contributed by atoms with E-state index in [9.17, 15) is 18.0 Å². The number of carbonyl (C=O) groups is 1. The average molecular weight is 220 g/mol. The van der Waals surface area contributed by atoms with Gasteiger partial charge in [-0.25, -0.2) is 0 Å². The van der Waals surface area contributed by atoms with E-state index < -0.39 is 29.3 Å². The molecule has 1 unspecified atom stereocenters. The second-order valence-corrected chi connectivity index (χ2v) is 3.42. The van der Waals surface area contributed by atoms with Crippen LogP contribution < -0.4 is 5.73 Å². The molecule has 1 aromatic rings. The summed E-state index contributed by atoms with van der Waals surface area (Å²) in [5.41, 5.74) is 3.77. The summed E-state index contributed by atoms with van der Waals surface area (Å²) < 4.78 is 41.6. The predicted molar refractivity (Wildman–Crippen MR) is 42.1 cm³/mol. The molecule has 1 aromatic heterocycles. The van der Waals surface area contributed by atoms with E-state index in [1.54, 1.807) is 0 Å². The molecule has 1 aliphatic carbocycles. The maximum atomic E-state index is 12.4. The highest BCUT2D eigenvalue weighted by Gasteiger charge is 2.43. The SMILES string of the molecule is NC1CC(=O)c2c(C(F)(F)F)noc2C1. The van der Waals surface area contributed by atoms with Crippen LogP contribution in [0.2, 0.25) is 0 Å². The Balaban J connectivity index is 2.51. The van der Waals surface area contributed by atoms with Gasteiger partial charge >= 0.3 is 6.18 Å². The number of rotatable bonds is 0. The lowest BCUT2D eigenvalue weighted by atomic mass is 9.92. The van der Waals surface area contributed by atoms with Crippen molar-refractivity contribution in [3.63, 3.8) is 0 Å². The molecule has 0 saturated carbocycles. The molecule has 4 nitrogen and oxygen atoms in total. The topological polar surface area (TPSA) is 69.1 Å². The summed E-state index contributed by atoms with van der Waals surface area (Å²) in [5.74, 6) is -0.719. The zero-order chi connectivity index (χ0) is 11.2. The molecule has 1 heterocycles. The molecule has 1 aliphatic rings. The Morgan fingerprint density at radius 1 is 1.40 bits per heavy atom. The zero-order valence-electron chi connectivity index (χ0n) is 7.47. The highest BCUT2D eigenvalue weighted by Crippen LogP contribution is 2.35. The van der Waals surface area contributed by atoms with E-state index >= 15 is 0 Å². The standard InChI is InChI=1S/C8H7F3N2O2/c9-8(10,11)7-6-4(14)1-3(12)2-5(6)15-13-7/h3H,1-2,12H2. The first-order valence-electron chi connectivity index (χ1n) is 4.24. The van der Waals surface area contributed by atoms with Gasteiger partial charge in [0.05, 0.1) is 5.56 Å². The number of hydrogen-bond donors (Lipinski definition) is 1. The fraction of sp³-hybridized carbons (Fsp3) is 0.500. The molecule has 7 heteroatoms. The van der Waals surface area contributed by atoms with Crippen molar-refractivity contribution < 1.29 is 22.5 Å². The van der Waals surface area contributed by atoms with Gasteiger partial charge in [0.1, 0.15) is 5.76 Å². The maximum Gasteiger partial charge on any atom is 0.437 e. The molecule has 0 saturated heterocycles. The highest BCUT2D eigenvalue weighted by molar-refractivity contribution is 5.99. The first-order chi connectivity index (χ1) is 6.89. The summed E-state index contributed by atoms with van der Waals surface area (Å²) in [6.07, 6.45) is -4.64. The van der Waals surface area contributed by atoms with Crippen LogP contribution in [0.5, 0.6) is 0 Å². The van der Waals surface area contributed by atoms with Crippen molar-refractivity contribution in [3.8, 4) is 0 Å². The predicted octanol–water partition coefficient (Wildman–Crippen LogP) is 1.15. The molecule has 0 aromatic carbocycles. The van der Waals surface area contributed by atoms with Crippen LogP contribution in [0, 0.1) is 0 Å². The van der Waals surface area contributed by atoms with Crippen LogP contribution >= 0.6 is 0 Å². The van der Waals surface area contributed by atoms with Crippen molar-refractivity contribution in [1.29, 1.82) is 0 Å². The fourth-order valence-corrected chi connectivity index (χ4v) is 1.59. The van der Waals surface area contributed by atoms with Gasteiger partial charge in [-0.05, 0) is 0 Å². The summed E-state index contributed by atoms with van der Waals surface area (Å²) in [6.45, 7) is 0. The summed E-state index contributed by atoms with van der Waals surface area (Å²) in [6, 6.07) is -0.487. The number of nitrogens with zero attached hydrogens (tertiary/aromatic N) is 1. The van der Waals surface area contributed by atoms with Crippen LogP contribution in [-0.2, 0) is 12.6 Å². The lowest BCUT2D eigenvalue weighted by Gasteiger charge is -2.15. The Kier molecular flexibility index (Phi) is 2.07. The number of ketones is 1. The van der Waals surface area contributed by atoms with Gasteiger partial charge in [-0.1, -0.05) is 5.16 Å². The van der Waals surface area contributed by atoms with Gasteiger partial charge in [-0.15, -0.1) is 0 Å². The number of alkyl halides is 3. The van der Waals surface area contributed by atoms with Crippen LogP contribution in [0.25, 0.3) is 0 Å². The van der Waals surface area contributed by atoms with Crippen molar-refractivity contribution in [2.45, 2.75) is 25.1 Å². The molecule has 15 heavy (non-hydrogen) atoms. The number of hydrogen-bond acceptors (Lipinski definition) is 4. The molecule has 82 valence electrons. The Morgan fingerprint density at radius 2 is 2.07 bits per heavy atom. The van der Waals surface area contributed by atoms with Crippen LogP contribution in [0.15, 0.2) is 4.52 Å². The maximum absolute atomic E-state index is 12.4. The van der Waals surface area contributed by atoms with E-state index in [0.717, 1.165) is 0 Å². The largest absolute Gasteiger partial charge is 0.437 e. The monoisotopic (exact) mass is 220 g/mol. The molecule has 0 bridgehead atoms. The first kappa shape index (κ1) is 10.2. The molecular formula is C8H7F3N2O2. The Hall–Kier alpha value is -1.37. The average Bonchev–Trinajstić information content (AvgIpc) is 2.45. The fourth-order valence-electron chi connectivity index (χ4n) is 1.59. The van der Waals surface area contributed by atoms with Crippen molar-refractivity contribution >= 4 is 5.78 Å². The van der Waals surface area contributed by atoms with Gasteiger partial charge < -0.3 is 10.3 Å². The van der Waals surface area contributed by atoms with Crippen molar-refractivity contribution in [2.75, 3.05) is 0 Å². The molecule has 0 radical (unpaired) electrons. The summed E-state index contributed by atoms with van der Waals surface area (Å²) in [4.78, 5) is 11.3. The van der Waals surface area contributed by atoms with Gasteiger partial charge in [0.15, 0.2) is 11.5 Å². The Labute approximate surface area is 82.2 Å². The van der Waals surface area contributed by atoms with Gasteiger partial charge in [-0.3, -0.25) is 4.79 Å². The minimum absolute atomic E-state index is 0.0638. The van der Waals surface area contributed by atoms with Crippen molar-refractivity contribution in [3.05, 3.63) is 17.0 Å². The number of aromatic nitrogens is 1. The Morgan fingerprint density at radius 3 is 2.67 bits per heavy atom. The van der Waals surface area contributed by atoms with Crippen molar-refractivity contribution in [2.24, 2.45) is 5.73 Å². The number of carbonyl (C=O) groups excluding carboxylic acids is 1. The number of halogens is 3. The molecule has 0 amide bonds. The summed E-state index contributed by atoms with van der Waals surface area (Å²) in [7, 11) is 0. The molecule has 2 N–H and O–H groups in total. The number of nitrogens with two attached hydrogens (primary N) is 1. The van der Waals surface area contributed by atoms with Crippen LogP contribution in [-0.4, -0.2) is 17.0 Å². The third kappa shape index (κ3) is 1.63. The molecule has 1 atom stereocenters. The van der Waals surface area contributed by atoms with Crippen molar-refractivity contribution in [1.82, 2.24) is 5.16 Å². The molecule has 0 aliphatic heterocycles. The van der Waals surface area contributed by atoms with E-state index in [4.69, 9.17) is 5.73 Å². The first-order valence-corrected chi connectivity index (χ1v) is 4.24. The van der Waals surface area contributed by atoms with Gasteiger partial charge in [0.25, 0.3) is 0 Å². The minimum Gasteiger partial charge on any atom is -0.360 e. The van der Waals surface area contributed by atoms with E-state index in [1.165, 1.54) is 0 Å². The molecule has 0 fully saturated rings. The van der Waals surface area contributed by atoms with Crippen LogP contribution in [0.1, 0.15) is 28.2 Å². The molecule has 2 rings (SSSR count). The second-order valence-electron chi connectivity index (χ2n) is 3.42. The molecular weight excluding hydrogens is 213 g/mol. The quantitative estimate of drug-likeness (QED) is 0.712. The van der Waals surface area contributed by atoms with E-state index in [1.807, 2.05) is 0 Å². The molecule has 0 spiro atoms. The summed E-state index contributed by atoms with van der Waals surface area (Å²) >= 11 is 0. The van der Waals surface area contributed by atoms with Crippen LogP contribution in [0.3, 0.4) is 0 Å². The minimum atomic E-state index is -4.66. The lowest BCUT2D eigenvalue weighted by Crippen LogP contribution is -2.31. The van der Waals surface area contributed by atoms with E-state index in [2.05, 4.69) is 9.68 Å². The highest BCUT2D eigenvalue weighted by atomic mass is 19.4. The van der Waals surface area contributed by atoms with E-state index in [0.29, 0.717) is 0 Å².